The molecule has 1 aromatic carbocycles. The highest BCUT2D eigenvalue weighted by Gasteiger charge is 2.20. The lowest BCUT2D eigenvalue weighted by molar-refractivity contribution is -0.122. The van der Waals surface area contributed by atoms with Gasteiger partial charge in [0.25, 0.3) is 0 Å². The zero-order valence-corrected chi connectivity index (χ0v) is 15.2. The van der Waals surface area contributed by atoms with Crippen LogP contribution >= 0.6 is 0 Å². The lowest BCUT2D eigenvalue weighted by Crippen LogP contribution is -2.44. The molecule has 0 bridgehead atoms. The fraction of sp³-hybridized carbons (Fsp3) is 0.364. The van der Waals surface area contributed by atoms with Crippen molar-refractivity contribution < 1.29 is 4.79 Å². The van der Waals surface area contributed by atoms with Crippen molar-refractivity contribution in [3.63, 3.8) is 0 Å². The Morgan fingerprint density at radius 2 is 1.88 bits per heavy atom. The number of rotatable bonds is 7. The second kappa shape index (κ2) is 9.88. The molecule has 2 heterocycles. The third-order valence-corrected chi connectivity index (χ3v) is 4.71. The van der Waals surface area contributed by atoms with Crippen LogP contribution in [0.15, 0.2) is 60.8 Å². The number of carbonyl (C=O) groups excluding carboxylic acids is 1. The first-order valence-electron chi connectivity index (χ1n) is 9.43. The Morgan fingerprint density at radius 1 is 1.12 bits per heavy atom. The van der Waals surface area contributed by atoms with Crippen molar-refractivity contribution >= 4 is 12.0 Å². The second-order valence-electron chi connectivity index (χ2n) is 6.79. The van der Waals surface area contributed by atoms with E-state index < -0.39 is 0 Å². The standard InChI is InChI=1S/C22H27N3O/c26-22(12-5-4-10-19-8-2-1-3-9-19)24-20-13-16-25(17-14-20)18-21-11-6-7-15-23-21/h1-4,6-11,15,20H,5,12-14,16-18H2,(H,24,26)/b10-4+. The van der Waals surface area contributed by atoms with Crippen molar-refractivity contribution in [1.82, 2.24) is 15.2 Å². The number of aromatic nitrogens is 1. The molecule has 1 aliphatic rings. The van der Waals surface area contributed by atoms with Crippen LogP contribution in [0.25, 0.3) is 6.08 Å². The van der Waals surface area contributed by atoms with Crippen molar-refractivity contribution in [2.24, 2.45) is 0 Å². The number of likely N-dealkylation sites (tertiary alicyclic amines) is 1. The maximum Gasteiger partial charge on any atom is 0.220 e. The average molecular weight is 349 g/mol. The number of nitrogens with one attached hydrogen (secondary N) is 1. The third-order valence-electron chi connectivity index (χ3n) is 4.71. The predicted octanol–water partition coefficient (Wildman–Crippen LogP) is 3.66. The van der Waals surface area contributed by atoms with Crippen molar-refractivity contribution in [3.05, 3.63) is 72.1 Å². The number of carbonyl (C=O) groups is 1. The van der Waals surface area contributed by atoms with Gasteiger partial charge in [-0.15, -0.1) is 0 Å². The number of pyridine rings is 1. The summed E-state index contributed by atoms with van der Waals surface area (Å²) in [5.41, 5.74) is 2.29. The lowest BCUT2D eigenvalue weighted by Gasteiger charge is -2.32. The first-order valence-corrected chi connectivity index (χ1v) is 9.43. The Bertz CT molecular complexity index is 692. The van der Waals surface area contributed by atoms with E-state index in [4.69, 9.17) is 0 Å². The molecule has 0 spiro atoms. The van der Waals surface area contributed by atoms with Gasteiger partial charge in [0.05, 0.1) is 5.69 Å². The van der Waals surface area contributed by atoms with Gasteiger partial charge in [-0.05, 0) is 37.0 Å². The van der Waals surface area contributed by atoms with Crippen LogP contribution in [0.1, 0.15) is 36.9 Å². The van der Waals surface area contributed by atoms with Gasteiger partial charge < -0.3 is 5.32 Å². The summed E-state index contributed by atoms with van der Waals surface area (Å²) in [6.07, 6.45) is 9.34. The maximum atomic E-state index is 12.1. The summed E-state index contributed by atoms with van der Waals surface area (Å²) in [5.74, 6) is 0.158. The molecule has 4 nitrogen and oxygen atoms in total. The highest BCUT2D eigenvalue weighted by atomic mass is 16.1. The van der Waals surface area contributed by atoms with E-state index in [1.54, 1.807) is 0 Å². The van der Waals surface area contributed by atoms with Gasteiger partial charge in [0.15, 0.2) is 0 Å². The summed E-state index contributed by atoms with van der Waals surface area (Å²) in [4.78, 5) is 18.9. The van der Waals surface area contributed by atoms with Crippen LogP contribution in [-0.4, -0.2) is 34.9 Å². The first-order chi connectivity index (χ1) is 12.8. The molecule has 136 valence electrons. The Balaban J connectivity index is 1.32. The van der Waals surface area contributed by atoms with Crippen LogP contribution in [0, 0.1) is 0 Å². The lowest BCUT2D eigenvalue weighted by atomic mass is 10.0. The predicted molar refractivity (Wildman–Crippen MR) is 105 cm³/mol. The summed E-state index contributed by atoms with van der Waals surface area (Å²) in [5, 5.41) is 3.19. The topological polar surface area (TPSA) is 45.2 Å². The number of hydrogen-bond donors (Lipinski definition) is 1. The highest BCUT2D eigenvalue weighted by Crippen LogP contribution is 2.13. The van der Waals surface area contributed by atoms with E-state index in [2.05, 4.69) is 45.6 Å². The first kappa shape index (κ1) is 18.3. The molecule has 2 aromatic rings. The van der Waals surface area contributed by atoms with Crippen LogP contribution in [0.2, 0.25) is 0 Å². The number of piperidine rings is 1. The second-order valence-corrected chi connectivity index (χ2v) is 6.79. The zero-order valence-electron chi connectivity index (χ0n) is 15.2. The summed E-state index contributed by atoms with van der Waals surface area (Å²) >= 11 is 0. The van der Waals surface area contributed by atoms with Gasteiger partial charge in [-0.1, -0.05) is 48.6 Å². The van der Waals surface area contributed by atoms with Crippen LogP contribution in [-0.2, 0) is 11.3 Å². The molecule has 0 atom stereocenters. The Kier molecular flexibility index (Phi) is 6.96. The minimum atomic E-state index is 0.158. The van der Waals surface area contributed by atoms with Crippen molar-refractivity contribution in [2.75, 3.05) is 13.1 Å². The fourth-order valence-corrected chi connectivity index (χ4v) is 3.25. The van der Waals surface area contributed by atoms with E-state index in [1.807, 2.05) is 36.5 Å². The van der Waals surface area contributed by atoms with E-state index in [-0.39, 0.29) is 5.91 Å². The highest BCUT2D eigenvalue weighted by molar-refractivity contribution is 5.76. The smallest absolute Gasteiger partial charge is 0.220 e. The van der Waals surface area contributed by atoms with Crippen molar-refractivity contribution in [1.29, 1.82) is 0 Å². The SMILES string of the molecule is O=C(CC/C=C/c1ccccc1)NC1CCN(Cc2ccccn2)CC1. The largest absolute Gasteiger partial charge is 0.353 e. The van der Waals surface area contributed by atoms with E-state index in [9.17, 15) is 4.79 Å². The van der Waals surface area contributed by atoms with Crippen LogP contribution < -0.4 is 5.32 Å². The Hall–Kier alpha value is -2.46. The van der Waals surface area contributed by atoms with Crippen LogP contribution in [0.3, 0.4) is 0 Å². The van der Waals surface area contributed by atoms with Crippen molar-refractivity contribution in [3.8, 4) is 0 Å². The number of nitrogens with zero attached hydrogens (tertiary/aromatic N) is 2. The third kappa shape index (κ3) is 6.12. The molecule has 0 radical (unpaired) electrons. The average Bonchev–Trinajstić information content (AvgIpc) is 2.68. The normalized spacial score (nSPS) is 16.0. The molecular weight excluding hydrogens is 322 g/mol. The van der Waals surface area contributed by atoms with Gasteiger partial charge >= 0.3 is 0 Å². The number of benzene rings is 1. The molecule has 1 N–H and O–H groups in total. The minimum absolute atomic E-state index is 0.158. The molecule has 0 unspecified atom stereocenters. The van der Waals surface area contributed by atoms with E-state index in [1.165, 1.54) is 5.56 Å². The van der Waals surface area contributed by atoms with Gasteiger partial charge in [-0.3, -0.25) is 14.7 Å². The summed E-state index contributed by atoms with van der Waals surface area (Å²) in [6, 6.07) is 16.5. The molecule has 26 heavy (non-hydrogen) atoms. The van der Waals surface area contributed by atoms with Gasteiger partial charge in [0.2, 0.25) is 5.91 Å². The fourth-order valence-electron chi connectivity index (χ4n) is 3.25. The van der Waals surface area contributed by atoms with Crippen LogP contribution in [0.5, 0.6) is 0 Å². The molecule has 4 heteroatoms. The van der Waals surface area contributed by atoms with Crippen LogP contribution in [0.4, 0.5) is 0 Å². The number of amides is 1. The number of hydrogen-bond acceptors (Lipinski definition) is 3. The molecule has 0 saturated carbocycles. The van der Waals surface area contributed by atoms with Gasteiger partial charge in [-0.2, -0.15) is 0 Å². The zero-order chi connectivity index (χ0) is 18.0. The molecule has 1 aromatic heterocycles. The van der Waals surface area contributed by atoms with Crippen molar-refractivity contribution in [2.45, 2.75) is 38.3 Å². The van der Waals surface area contributed by atoms with Gasteiger partial charge in [0.1, 0.15) is 0 Å². The minimum Gasteiger partial charge on any atom is -0.353 e. The molecule has 3 rings (SSSR count). The summed E-state index contributed by atoms with van der Waals surface area (Å²) in [7, 11) is 0. The maximum absolute atomic E-state index is 12.1. The summed E-state index contributed by atoms with van der Waals surface area (Å²) in [6.45, 7) is 2.91. The van der Waals surface area contributed by atoms with E-state index >= 15 is 0 Å². The molecule has 1 fully saturated rings. The summed E-state index contributed by atoms with van der Waals surface area (Å²) < 4.78 is 0. The molecule has 1 saturated heterocycles. The Morgan fingerprint density at radius 3 is 2.62 bits per heavy atom. The van der Waals surface area contributed by atoms with Gasteiger partial charge in [0, 0.05) is 38.3 Å². The molecular formula is C22H27N3O. The van der Waals surface area contributed by atoms with E-state index in [0.717, 1.165) is 44.6 Å². The number of allylic oxidation sites excluding steroid dienone is 1. The molecule has 0 aliphatic carbocycles. The quantitative estimate of drug-likeness (QED) is 0.830. The molecule has 1 amide bonds. The van der Waals surface area contributed by atoms with Gasteiger partial charge in [-0.25, -0.2) is 0 Å². The van der Waals surface area contributed by atoms with E-state index in [0.29, 0.717) is 12.5 Å². The Labute approximate surface area is 155 Å². The molecule has 1 aliphatic heterocycles. The monoisotopic (exact) mass is 349 g/mol.